The van der Waals surface area contributed by atoms with Crippen molar-refractivity contribution < 1.29 is 13.2 Å². The summed E-state index contributed by atoms with van der Waals surface area (Å²) in [5.74, 6) is 0. The fraction of sp³-hybridized carbons (Fsp3) is 0.500. The summed E-state index contributed by atoms with van der Waals surface area (Å²) in [6, 6.07) is 4.57. The van der Waals surface area contributed by atoms with Crippen molar-refractivity contribution in [3.05, 3.63) is 28.8 Å². The summed E-state index contributed by atoms with van der Waals surface area (Å²) in [5, 5.41) is 0.392. The average Bonchev–Trinajstić information content (AvgIpc) is 2.24. The van der Waals surface area contributed by atoms with Gasteiger partial charge in [0, 0.05) is 28.9 Å². The lowest BCUT2D eigenvalue weighted by molar-refractivity contribution is -0.120. The molecule has 6 heteroatoms. The van der Waals surface area contributed by atoms with Crippen LogP contribution in [0.5, 0.6) is 0 Å². The third-order valence-electron chi connectivity index (χ3n) is 2.58. The highest BCUT2D eigenvalue weighted by molar-refractivity contribution is 6.31. The molecule has 2 nitrogen and oxygen atoms in total. The fourth-order valence-electron chi connectivity index (χ4n) is 1.76. The number of halogens is 4. The van der Waals surface area contributed by atoms with Crippen molar-refractivity contribution in [2.45, 2.75) is 32.6 Å². The summed E-state index contributed by atoms with van der Waals surface area (Å²) in [5.41, 5.74) is 6.54. The van der Waals surface area contributed by atoms with Gasteiger partial charge in [-0.15, -0.1) is 0 Å². The highest BCUT2D eigenvalue weighted by Crippen LogP contribution is 2.31. The number of alkyl halides is 3. The molecular formula is C12H16ClF3N2. The second-order valence-electron chi connectivity index (χ2n) is 4.28. The van der Waals surface area contributed by atoms with Gasteiger partial charge in [0.2, 0.25) is 0 Å². The SMILES string of the molecule is CC(C)N(CC(F)(F)F)c1cccc(Cl)c1CN. The monoisotopic (exact) mass is 280 g/mol. The van der Waals surface area contributed by atoms with Crippen molar-refractivity contribution in [2.24, 2.45) is 5.73 Å². The van der Waals surface area contributed by atoms with Gasteiger partial charge in [-0.1, -0.05) is 17.7 Å². The normalized spacial score (nSPS) is 12.0. The zero-order valence-corrected chi connectivity index (χ0v) is 11.0. The van der Waals surface area contributed by atoms with Crippen LogP contribution in [-0.4, -0.2) is 18.8 Å². The van der Waals surface area contributed by atoms with Crippen molar-refractivity contribution in [3.63, 3.8) is 0 Å². The van der Waals surface area contributed by atoms with Crippen molar-refractivity contribution >= 4 is 17.3 Å². The van der Waals surface area contributed by atoms with E-state index in [1.54, 1.807) is 32.0 Å². The molecule has 0 atom stereocenters. The first kappa shape index (κ1) is 15.1. The van der Waals surface area contributed by atoms with Gasteiger partial charge >= 0.3 is 6.18 Å². The maximum atomic E-state index is 12.6. The Kier molecular flexibility index (Phi) is 4.87. The highest BCUT2D eigenvalue weighted by Gasteiger charge is 2.32. The molecule has 0 aliphatic heterocycles. The Morgan fingerprint density at radius 1 is 1.33 bits per heavy atom. The minimum Gasteiger partial charge on any atom is -0.360 e. The molecule has 0 aliphatic carbocycles. The molecule has 1 aromatic rings. The maximum Gasteiger partial charge on any atom is 0.405 e. The Morgan fingerprint density at radius 3 is 2.39 bits per heavy atom. The molecule has 1 rings (SSSR count). The first-order valence-corrected chi connectivity index (χ1v) is 5.95. The van der Waals surface area contributed by atoms with Crippen LogP contribution >= 0.6 is 11.6 Å². The van der Waals surface area contributed by atoms with E-state index < -0.39 is 12.7 Å². The Hall–Kier alpha value is -0.940. The quantitative estimate of drug-likeness (QED) is 0.913. The van der Waals surface area contributed by atoms with Gasteiger partial charge in [0.25, 0.3) is 0 Å². The number of rotatable bonds is 4. The Morgan fingerprint density at radius 2 is 1.94 bits per heavy atom. The van der Waals surface area contributed by atoms with E-state index in [1.165, 1.54) is 4.90 Å². The van der Waals surface area contributed by atoms with Crippen molar-refractivity contribution in [1.82, 2.24) is 0 Å². The minimum absolute atomic E-state index is 0.107. The molecule has 0 bridgehead atoms. The smallest absolute Gasteiger partial charge is 0.360 e. The summed E-state index contributed by atoms with van der Waals surface area (Å²) < 4.78 is 37.7. The number of hydrogen-bond donors (Lipinski definition) is 1. The van der Waals surface area contributed by atoms with Crippen LogP contribution in [0.2, 0.25) is 5.02 Å². The van der Waals surface area contributed by atoms with Gasteiger partial charge in [0.15, 0.2) is 0 Å². The molecule has 0 spiro atoms. The summed E-state index contributed by atoms with van der Waals surface area (Å²) >= 11 is 5.96. The van der Waals surface area contributed by atoms with Crippen LogP contribution in [0.4, 0.5) is 18.9 Å². The summed E-state index contributed by atoms with van der Waals surface area (Å²) in [6.45, 7) is 2.49. The van der Waals surface area contributed by atoms with E-state index in [9.17, 15) is 13.2 Å². The molecule has 0 aromatic heterocycles. The fourth-order valence-corrected chi connectivity index (χ4v) is 2.00. The molecule has 0 radical (unpaired) electrons. The van der Waals surface area contributed by atoms with E-state index in [2.05, 4.69) is 0 Å². The lowest BCUT2D eigenvalue weighted by Gasteiger charge is -2.31. The van der Waals surface area contributed by atoms with Crippen LogP contribution in [0.3, 0.4) is 0 Å². The van der Waals surface area contributed by atoms with E-state index in [0.29, 0.717) is 16.3 Å². The molecule has 0 heterocycles. The van der Waals surface area contributed by atoms with Gasteiger partial charge in [0.05, 0.1) is 0 Å². The molecule has 0 fully saturated rings. The zero-order chi connectivity index (χ0) is 13.9. The Balaban J connectivity index is 3.18. The van der Waals surface area contributed by atoms with Gasteiger partial charge in [-0.05, 0) is 26.0 Å². The molecule has 102 valence electrons. The first-order chi connectivity index (χ1) is 8.26. The van der Waals surface area contributed by atoms with Gasteiger partial charge in [0.1, 0.15) is 6.54 Å². The first-order valence-electron chi connectivity index (χ1n) is 5.57. The van der Waals surface area contributed by atoms with E-state index in [-0.39, 0.29) is 12.6 Å². The van der Waals surface area contributed by atoms with E-state index in [1.807, 2.05) is 0 Å². The minimum atomic E-state index is -4.27. The summed E-state index contributed by atoms with van der Waals surface area (Å²) in [4.78, 5) is 1.26. The lowest BCUT2D eigenvalue weighted by atomic mass is 10.1. The predicted octanol–water partition coefficient (Wildman–Crippen LogP) is 3.58. The molecular weight excluding hydrogens is 265 g/mol. The van der Waals surface area contributed by atoms with E-state index in [4.69, 9.17) is 17.3 Å². The number of hydrogen-bond acceptors (Lipinski definition) is 2. The molecule has 1 aromatic carbocycles. The molecule has 0 saturated heterocycles. The third kappa shape index (κ3) is 3.78. The van der Waals surface area contributed by atoms with Crippen LogP contribution in [0, 0.1) is 0 Å². The second kappa shape index (κ2) is 5.80. The number of nitrogens with two attached hydrogens (primary N) is 1. The number of benzene rings is 1. The van der Waals surface area contributed by atoms with Gasteiger partial charge in [-0.2, -0.15) is 13.2 Å². The Labute approximate surface area is 110 Å². The molecule has 0 unspecified atom stereocenters. The topological polar surface area (TPSA) is 29.3 Å². The molecule has 18 heavy (non-hydrogen) atoms. The molecule has 0 amide bonds. The lowest BCUT2D eigenvalue weighted by Crippen LogP contribution is -2.39. The summed E-state index contributed by atoms with van der Waals surface area (Å²) in [7, 11) is 0. The van der Waals surface area contributed by atoms with Crippen LogP contribution in [-0.2, 0) is 6.54 Å². The number of anilines is 1. The van der Waals surface area contributed by atoms with Crippen LogP contribution in [0.1, 0.15) is 19.4 Å². The molecule has 2 N–H and O–H groups in total. The molecule has 0 aliphatic rings. The third-order valence-corrected chi connectivity index (χ3v) is 2.93. The van der Waals surface area contributed by atoms with E-state index >= 15 is 0 Å². The largest absolute Gasteiger partial charge is 0.405 e. The van der Waals surface area contributed by atoms with Crippen LogP contribution in [0.25, 0.3) is 0 Å². The summed E-state index contributed by atoms with van der Waals surface area (Å²) in [6.07, 6.45) is -4.27. The average molecular weight is 281 g/mol. The van der Waals surface area contributed by atoms with Gasteiger partial charge < -0.3 is 10.6 Å². The van der Waals surface area contributed by atoms with Crippen molar-refractivity contribution in [3.8, 4) is 0 Å². The Bertz CT molecular complexity index is 405. The van der Waals surface area contributed by atoms with Gasteiger partial charge in [-0.3, -0.25) is 0 Å². The second-order valence-corrected chi connectivity index (χ2v) is 4.69. The standard InChI is InChI=1S/C12H16ClF3N2/c1-8(2)18(7-12(14,15)16)11-5-3-4-10(13)9(11)6-17/h3-5,8H,6-7,17H2,1-2H3. The zero-order valence-electron chi connectivity index (χ0n) is 10.3. The number of nitrogens with zero attached hydrogens (tertiary/aromatic N) is 1. The maximum absolute atomic E-state index is 12.6. The molecule has 0 saturated carbocycles. The van der Waals surface area contributed by atoms with Crippen molar-refractivity contribution in [2.75, 3.05) is 11.4 Å². The van der Waals surface area contributed by atoms with Crippen LogP contribution in [0.15, 0.2) is 18.2 Å². The highest BCUT2D eigenvalue weighted by atomic mass is 35.5. The predicted molar refractivity (Wildman–Crippen MR) is 67.9 cm³/mol. The van der Waals surface area contributed by atoms with E-state index in [0.717, 1.165) is 0 Å². The van der Waals surface area contributed by atoms with Gasteiger partial charge in [-0.25, -0.2) is 0 Å². The van der Waals surface area contributed by atoms with Crippen molar-refractivity contribution in [1.29, 1.82) is 0 Å². The van der Waals surface area contributed by atoms with Crippen LogP contribution < -0.4 is 10.6 Å².